The third-order valence-electron chi connectivity index (χ3n) is 4.63. The summed E-state index contributed by atoms with van der Waals surface area (Å²) >= 11 is 2.61. The summed E-state index contributed by atoms with van der Waals surface area (Å²) in [7, 11) is 0. The van der Waals surface area contributed by atoms with Crippen LogP contribution in [0.1, 0.15) is 6.42 Å². The van der Waals surface area contributed by atoms with Crippen LogP contribution in [0.3, 0.4) is 0 Å². The van der Waals surface area contributed by atoms with E-state index in [0.717, 1.165) is 0 Å². The number of aliphatic carboxylic acids is 1. The first-order valence-corrected chi connectivity index (χ1v) is 13.4. The minimum absolute atomic E-state index is 0.138. The minimum atomic E-state index is -2.91. The second kappa shape index (κ2) is 7.27. The van der Waals surface area contributed by atoms with Gasteiger partial charge in [0.2, 0.25) is 0 Å². The first-order chi connectivity index (χ1) is 12.1. The van der Waals surface area contributed by atoms with Crippen molar-refractivity contribution in [2.24, 2.45) is 0 Å². The van der Waals surface area contributed by atoms with Crippen molar-refractivity contribution in [3.63, 3.8) is 0 Å². The average molecular weight is 462 g/mol. The van der Waals surface area contributed by atoms with Crippen LogP contribution in [-0.4, -0.2) is 17.2 Å². The van der Waals surface area contributed by atoms with E-state index >= 15 is 0 Å². The van der Waals surface area contributed by atoms with Gasteiger partial charge in [0.15, 0.2) is 0 Å². The third-order valence-corrected chi connectivity index (χ3v) is 16.3. The monoisotopic (exact) mass is 462 g/mol. The Morgan fingerprint density at radius 2 is 1.04 bits per heavy atom. The third kappa shape index (κ3) is 3.23. The van der Waals surface area contributed by atoms with Crippen molar-refractivity contribution in [1.82, 2.24) is 0 Å². The van der Waals surface area contributed by atoms with Crippen LogP contribution in [0.25, 0.3) is 0 Å². The predicted molar refractivity (Wildman–Crippen MR) is 116 cm³/mol. The van der Waals surface area contributed by atoms with Gasteiger partial charge in [0, 0.05) is 0 Å². The Labute approximate surface area is 161 Å². The van der Waals surface area contributed by atoms with E-state index in [0.29, 0.717) is 6.16 Å². The van der Waals surface area contributed by atoms with Gasteiger partial charge in [0.05, 0.1) is 0 Å². The zero-order valence-electron chi connectivity index (χ0n) is 13.8. The molecule has 0 bridgehead atoms. The van der Waals surface area contributed by atoms with Gasteiger partial charge < -0.3 is 0 Å². The first kappa shape index (κ1) is 18.1. The Kier molecular flexibility index (Phi) is 5.26. The standard InChI is InChI=1S/C21H20IO2P/c22-25(17-16-21(23)24,18-10-4-1-5-11-18,19-12-6-2-7-13-19)20-14-8-3-9-15-20/h1-15H,16-17H2,(H,23,24). The van der Waals surface area contributed by atoms with Gasteiger partial charge in [-0.1, -0.05) is 0 Å². The second-order valence-electron chi connectivity index (χ2n) is 6.06. The molecule has 0 aliphatic rings. The summed E-state index contributed by atoms with van der Waals surface area (Å²) in [4.78, 5) is 11.5. The molecule has 128 valence electrons. The molecule has 25 heavy (non-hydrogen) atoms. The van der Waals surface area contributed by atoms with Crippen LogP contribution in [0.5, 0.6) is 0 Å². The van der Waals surface area contributed by atoms with Gasteiger partial charge in [-0.2, -0.15) is 0 Å². The molecular formula is C21H20IO2P. The fourth-order valence-electron chi connectivity index (χ4n) is 3.36. The van der Waals surface area contributed by atoms with Gasteiger partial charge in [-0.15, -0.1) is 0 Å². The Hall–Kier alpha value is -1.71. The summed E-state index contributed by atoms with van der Waals surface area (Å²) in [5, 5.41) is 13.1. The molecule has 0 saturated carbocycles. The SMILES string of the molecule is O=C(O)CCP(I)(c1ccccc1)(c1ccccc1)c1ccccc1. The van der Waals surface area contributed by atoms with E-state index < -0.39 is 10.2 Å². The average Bonchev–Trinajstić information content (AvgIpc) is 2.68. The Balaban J connectivity index is 2.38. The number of carboxylic acid groups (broad SMARTS) is 1. The molecule has 0 aromatic heterocycles. The van der Waals surface area contributed by atoms with Crippen molar-refractivity contribution in [2.75, 3.05) is 6.16 Å². The van der Waals surface area contributed by atoms with Crippen LogP contribution < -0.4 is 15.9 Å². The quantitative estimate of drug-likeness (QED) is 0.437. The number of hydrogen-bond acceptors (Lipinski definition) is 1. The van der Waals surface area contributed by atoms with E-state index in [-0.39, 0.29) is 6.42 Å². The molecule has 0 unspecified atom stereocenters. The molecule has 0 aliphatic heterocycles. The van der Waals surface area contributed by atoms with Crippen LogP contribution in [0.15, 0.2) is 91.0 Å². The number of carboxylic acids is 1. The number of carbonyl (C=O) groups is 1. The Morgan fingerprint density at radius 1 is 0.720 bits per heavy atom. The maximum atomic E-state index is 11.5. The van der Waals surface area contributed by atoms with Gasteiger partial charge in [-0.05, 0) is 0 Å². The predicted octanol–water partition coefficient (Wildman–Crippen LogP) is 4.34. The van der Waals surface area contributed by atoms with Gasteiger partial charge in [0.1, 0.15) is 0 Å². The van der Waals surface area contributed by atoms with E-state index in [4.69, 9.17) is 0 Å². The van der Waals surface area contributed by atoms with Crippen molar-refractivity contribution in [3.8, 4) is 0 Å². The van der Waals surface area contributed by atoms with Crippen molar-refractivity contribution in [3.05, 3.63) is 91.0 Å². The van der Waals surface area contributed by atoms with E-state index in [1.165, 1.54) is 15.9 Å². The second-order valence-corrected chi connectivity index (χ2v) is 16.8. The van der Waals surface area contributed by atoms with Gasteiger partial charge in [-0.25, -0.2) is 0 Å². The summed E-state index contributed by atoms with van der Waals surface area (Å²) in [5.41, 5.74) is 0. The van der Waals surface area contributed by atoms with Crippen molar-refractivity contribution in [2.45, 2.75) is 6.42 Å². The number of halogens is 1. The van der Waals surface area contributed by atoms with Crippen LogP contribution in [0, 0.1) is 0 Å². The van der Waals surface area contributed by atoms with Crippen LogP contribution in [0.4, 0.5) is 0 Å². The zero-order valence-corrected chi connectivity index (χ0v) is 16.8. The van der Waals surface area contributed by atoms with E-state index in [2.05, 4.69) is 58.4 Å². The van der Waals surface area contributed by atoms with Crippen molar-refractivity contribution < 1.29 is 9.90 Å². The van der Waals surface area contributed by atoms with Crippen LogP contribution in [0.2, 0.25) is 0 Å². The molecule has 3 rings (SSSR count). The molecule has 0 amide bonds. The molecule has 1 N–H and O–H groups in total. The molecule has 3 aromatic carbocycles. The number of benzene rings is 3. The Morgan fingerprint density at radius 3 is 1.32 bits per heavy atom. The summed E-state index contributed by atoms with van der Waals surface area (Å²) < 4.78 is -2.91. The molecule has 0 atom stereocenters. The molecule has 0 radical (unpaired) electrons. The summed E-state index contributed by atoms with van der Waals surface area (Å²) in [6.45, 7) is 0. The van der Waals surface area contributed by atoms with Crippen molar-refractivity contribution in [1.29, 1.82) is 0 Å². The van der Waals surface area contributed by atoms with Gasteiger partial charge in [0.25, 0.3) is 0 Å². The van der Waals surface area contributed by atoms with Crippen molar-refractivity contribution >= 4 is 48.2 Å². The molecule has 3 aromatic rings. The summed E-state index contributed by atoms with van der Waals surface area (Å²) in [5.74, 6) is -0.756. The molecule has 0 fully saturated rings. The number of rotatable bonds is 6. The summed E-state index contributed by atoms with van der Waals surface area (Å²) in [6, 6.07) is 31.2. The van der Waals surface area contributed by atoms with E-state index in [1.54, 1.807) is 0 Å². The van der Waals surface area contributed by atoms with Crippen LogP contribution in [-0.2, 0) is 4.79 Å². The molecular weight excluding hydrogens is 442 g/mol. The normalized spacial score (nSPS) is 12.9. The molecule has 4 heteroatoms. The topological polar surface area (TPSA) is 37.3 Å². The Bertz CT molecular complexity index is 751. The van der Waals surface area contributed by atoms with E-state index in [9.17, 15) is 9.90 Å². The molecule has 0 saturated heterocycles. The van der Waals surface area contributed by atoms with Crippen LogP contribution >= 0.6 is 26.3 Å². The number of hydrogen-bond donors (Lipinski definition) is 1. The summed E-state index contributed by atoms with van der Waals surface area (Å²) in [6.07, 6.45) is 0.735. The van der Waals surface area contributed by atoms with Gasteiger partial charge >= 0.3 is 162 Å². The maximum absolute atomic E-state index is 11.5. The molecule has 2 nitrogen and oxygen atoms in total. The molecule has 0 spiro atoms. The zero-order chi connectivity index (χ0) is 17.8. The van der Waals surface area contributed by atoms with E-state index in [1.807, 2.05) is 54.6 Å². The molecule has 0 aliphatic carbocycles. The van der Waals surface area contributed by atoms with Gasteiger partial charge in [-0.3, -0.25) is 0 Å². The fourth-order valence-corrected chi connectivity index (χ4v) is 11.6. The molecule has 0 heterocycles. The first-order valence-electron chi connectivity index (χ1n) is 8.17. The fraction of sp³-hybridized carbons (Fsp3) is 0.0952.